The van der Waals surface area contributed by atoms with Crippen LogP contribution in [-0.4, -0.2) is 20.5 Å². The maximum Gasteiger partial charge on any atom is 0.244 e. The number of benzene rings is 8. The Bertz CT molecular complexity index is 2820. The van der Waals surface area contributed by atoms with Gasteiger partial charge in [0.2, 0.25) is 13.4 Å². The second-order valence-corrected chi connectivity index (χ2v) is 14.5. The van der Waals surface area contributed by atoms with Gasteiger partial charge in [0.15, 0.2) is 0 Å². The average molecular weight is 594 g/mol. The average Bonchev–Trinajstić information content (AvgIpc) is 3.60. The topological polar surface area (TPSA) is 9.23 Å². The van der Waals surface area contributed by atoms with Crippen LogP contribution in [0, 0.1) is 20.8 Å². The minimum absolute atomic E-state index is 0.211. The highest BCUT2D eigenvalue weighted by atomic mass is 16.5. The van der Waals surface area contributed by atoms with Gasteiger partial charge in [-0.2, -0.15) is 0 Å². The molecule has 0 aliphatic carbocycles. The Morgan fingerprint density at radius 1 is 0.426 bits per heavy atom. The molecule has 4 heterocycles. The number of hydrogen-bond donors (Lipinski definition) is 0. The summed E-state index contributed by atoms with van der Waals surface area (Å²) in [4.78, 5) is 0. The smallest absolute Gasteiger partial charge is 0.244 e. The molecule has 1 nitrogen and oxygen atoms in total. The molecule has 0 saturated heterocycles. The molecule has 12 rings (SSSR count). The summed E-state index contributed by atoms with van der Waals surface area (Å²) in [5.41, 5.74) is 23.7. The molecule has 8 aromatic rings. The van der Waals surface area contributed by atoms with Crippen molar-refractivity contribution in [2.24, 2.45) is 0 Å². The highest BCUT2D eigenvalue weighted by Gasteiger charge is 2.44. The third kappa shape index (κ3) is 2.69. The summed E-state index contributed by atoms with van der Waals surface area (Å²) in [7, 11) is 1.80. The van der Waals surface area contributed by atoms with Crippen LogP contribution in [0.3, 0.4) is 0 Å². The number of methoxy groups -OCH3 is 1. The van der Waals surface area contributed by atoms with Crippen LogP contribution in [0.15, 0.2) is 97.1 Å². The fourth-order valence-electron chi connectivity index (χ4n) is 10.5. The predicted octanol–water partition coefficient (Wildman–Crippen LogP) is 6.47. The lowest BCUT2D eigenvalue weighted by molar-refractivity contribution is 0.415. The third-order valence-electron chi connectivity index (χ3n) is 12.2. The lowest BCUT2D eigenvalue weighted by Crippen LogP contribution is -2.53. The SMILES string of the molecule is COc1cc2c3c(c1)-c1cc(C)c4cc5c6c(cc(C)c7cc(c1c4c76)B3c1ccccc1-2)-c1cc(C)cc2c1B5c1ccccc1-2. The summed E-state index contributed by atoms with van der Waals surface area (Å²) in [5.74, 6) is 0.929. The Morgan fingerprint density at radius 3 is 1.38 bits per heavy atom. The molecule has 4 aliphatic heterocycles. The first kappa shape index (κ1) is 24.9. The molecule has 0 bridgehead atoms. The molecule has 0 saturated carbocycles. The van der Waals surface area contributed by atoms with E-state index in [9.17, 15) is 0 Å². The molecule has 0 aromatic heterocycles. The molecule has 0 atom stereocenters. The maximum absolute atomic E-state index is 5.95. The van der Waals surface area contributed by atoms with E-state index in [0.29, 0.717) is 0 Å². The zero-order valence-electron chi connectivity index (χ0n) is 26.8. The van der Waals surface area contributed by atoms with Crippen LogP contribution in [0.5, 0.6) is 5.75 Å². The van der Waals surface area contributed by atoms with E-state index in [4.69, 9.17) is 4.74 Å². The van der Waals surface area contributed by atoms with E-state index in [1.165, 1.54) is 126 Å². The molecule has 0 fully saturated rings. The van der Waals surface area contributed by atoms with Crippen molar-refractivity contribution in [1.29, 1.82) is 0 Å². The summed E-state index contributed by atoms with van der Waals surface area (Å²) < 4.78 is 5.95. The van der Waals surface area contributed by atoms with E-state index >= 15 is 0 Å². The fourth-order valence-corrected chi connectivity index (χ4v) is 10.5. The summed E-state index contributed by atoms with van der Waals surface area (Å²) >= 11 is 0. The number of aryl methyl sites for hydroxylation is 3. The number of hydrogen-bond acceptors (Lipinski definition) is 1. The van der Waals surface area contributed by atoms with Crippen LogP contribution in [-0.2, 0) is 0 Å². The molecule has 0 radical (unpaired) electrons. The fraction of sp³-hybridized carbons (Fsp3) is 0.0909. The number of ether oxygens (including phenoxy) is 1. The van der Waals surface area contributed by atoms with Crippen molar-refractivity contribution >= 4 is 78.5 Å². The molecule has 3 heteroatoms. The summed E-state index contributed by atoms with van der Waals surface area (Å²) in [6, 6.07) is 37.8. The molecule has 0 amide bonds. The van der Waals surface area contributed by atoms with Crippen molar-refractivity contribution in [3.05, 3.63) is 114 Å². The molecule has 8 aromatic carbocycles. The standard InChI is InChI=1S/C44H28B2O/c1-21-13-31-25-9-5-7-11-35(25)45-37-19-28-23(3)16-30-34-18-24(47-4)17-33-26-10-6-8-12-36(26)46(44(33)34)38-20-27-22(2)15-29(32(14-21)43(31)45)39(37)41(27)42(28)40(30)38/h5-20H,1-4H3. The van der Waals surface area contributed by atoms with Crippen molar-refractivity contribution in [3.63, 3.8) is 0 Å². The van der Waals surface area contributed by atoms with Crippen molar-refractivity contribution in [1.82, 2.24) is 0 Å². The Labute approximate surface area is 274 Å². The molecule has 0 spiro atoms. The molecular formula is C44H28B2O. The van der Waals surface area contributed by atoms with Gasteiger partial charge in [0, 0.05) is 0 Å². The monoisotopic (exact) mass is 594 g/mol. The Morgan fingerprint density at radius 2 is 0.872 bits per heavy atom. The van der Waals surface area contributed by atoms with E-state index < -0.39 is 0 Å². The molecule has 216 valence electrons. The van der Waals surface area contributed by atoms with E-state index in [-0.39, 0.29) is 13.4 Å². The first-order valence-corrected chi connectivity index (χ1v) is 16.9. The van der Waals surface area contributed by atoms with Crippen LogP contribution < -0.4 is 37.5 Å². The lowest BCUT2D eigenvalue weighted by atomic mass is 9.34. The minimum atomic E-state index is 0.211. The Kier molecular flexibility index (Phi) is 4.23. The summed E-state index contributed by atoms with van der Waals surface area (Å²) in [6.45, 7) is 7.40. The van der Waals surface area contributed by atoms with Crippen molar-refractivity contribution in [2.75, 3.05) is 7.11 Å². The van der Waals surface area contributed by atoms with Crippen LogP contribution in [0.1, 0.15) is 16.7 Å². The highest BCUT2D eigenvalue weighted by molar-refractivity contribution is 7.03. The van der Waals surface area contributed by atoms with Crippen LogP contribution >= 0.6 is 0 Å². The molecule has 0 N–H and O–H groups in total. The van der Waals surface area contributed by atoms with Gasteiger partial charge in [-0.05, 0) is 126 Å². The van der Waals surface area contributed by atoms with Gasteiger partial charge < -0.3 is 4.74 Å². The van der Waals surface area contributed by atoms with Gasteiger partial charge in [-0.1, -0.05) is 118 Å². The minimum Gasteiger partial charge on any atom is -0.497 e. The highest BCUT2D eigenvalue weighted by Crippen LogP contribution is 2.48. The van der Waals surface area contributed by atoms with Crippen molar-refractivity contribution < 1.29 is 4.74 Å². The van der Waals surface area contributed by atoms with Crippen LogP contribution in [0.25, 0.3) is 76.8 Å². The van der Waals surface area contributed by atoms with Gasteiger partial charge in [-0.3, -0.25) is 0 Å². The zero-order chi connectivity index (χ0) is 31.0. The summed E-state index contributed by atoms with van der Waals surface area (Å²) in [6.07, 6.45) is 0. The van der Waals surface area contributed by atoms with Crippen LogP contribution in [0.4, 0.5) is 0 Å². The molecular weight excluding hydrogens is 566 g/mol. The molecule has 4 aliphatic rings. The number of fused-ring (bicyclic) bond motifs is 10. The van der Waals surface area contributed by atoms with Crippen LogP contribution in [0.2, 0.25) is 0 Å². The second-order valence-electron chi connectivity index (χ2n) is 14.5. The lowest BCUT2D eigenvalue weighted by Gasteiger charge is -2.32. The Hall–Kier alpha value is -5.27. The van der Waals surface area contributed by atoms with E-state index in [1.54, 1.807) is 7.11 Å². The van der Waals surface area contributed by atoms with Gasteiger partial charge in [0.25, 0.3) is 0 Å². The van der Waals surface area contributed by atoms with Gasteiger partial charge in [0.1, 0.15) is 5.75 Å². The third-order valence-corrected chi connectivity index (χ3v) is 12.2. The van der Waals surface area contributed by atoms with E-state index in [2.05, 4.69) is 118 Å². The molecule has 47 heavy (non-hydrogen) atoms. The first-order valence-electron chi connectivity index (χ1n) is 16.9. The zero-order valence-corrected chi connectivity index (χ0v) is 26.8. The van der Waals surface area contributed by atoms with Gasteiger partial charge in [0.05, 0.1) is 7.11 Å². The van der Waals surface area contributed by atoms with E-state index in [0.717, 1.165) is 5.75 Å². The van der Waals surface area contributed by atoms with Gasteiger partial charge in [-0.25, -0.2) is 0 Å². The van der Waals surface area contributed by atoms with E-state index in [1.807, 2.05) is 0 Å². The predicted molar refractivity (Wildman–Crippen MR) is 202 cm³/mol. The van der Waals surface area contributed by atoms with Crippen molar-refractivity contribution in [3.8, 4) is 50.3 Å². The Balaban J connectivity index is 1.31. The largest absolute Gasteiger partial charge is 0.497 e. The maximum atomic E-state index is 5.95. The summed E-state index contributed by atoms with van der Waals surface area (Å²) in [5, 5.41) is 8.58. The van der Waals surface area contributed by atoms with Crippen molar-refractivity contribution in [2.45, 2.75) is 20.8 Å². The molecule has 0 unspecified atom stereocenters. The second kappa shape index (κ2) is 7.98. The van der Waals surface area contributed by atoms with Gasteiger partial charge >= 0.3 is 0 Å². The number of rotatable bonds is 1. The van der Waals surface area contributed by atoms with Gasteiger partial charge in [-0.15, -0.1) is 0 Å². The normalized spacial score (nSPS) is 13.9. The first-order chi connectivity index (χ1) is 23.0. The quantitative estimate of drug-likeness (QED) is 0.156.